The molecular formula is C17H33NO2. The van der Waals surface area contributed by atoms with Crippen LogP contribution in [0.5, 0.6) is 0 Å². The van der Waals surface area contributed by atoms with Gasteiger partial charge in [0.2, 0.25) is 0 Å². The Bertz CT molecular complexity index is 264. The van der Waals surface area contributed by atoms with Crippen molar-refractivity contribution < 1.29 is 9.47 Å². The van der Waals surface area contributed by atoms with Gasteiger partial charge in [-0.3, -0.25) is 0 Å². The molecule has 2 aliphatic rings. The Morgan fingerprint density at radius 3 is 2.30 bits per heavy atom. The molecule has 0 aromatic rings. The van der Waals surface area contributed by atoms with Crippen molar-refractivity contribution in [2.45, 2.75) is 77.6 Å². The van der Waals surface area contributed by atoms with Gasteiger partial charge in [0, 0.05) is 6.54 Å². The maximum Gasteiger partial charge on any atom is 0.0940 e. The predicted molar refractivity (Wildman–Crippen MR) is 83.1 cm³/mol. The number of nitrogens with zero attached hydrogens (tertiary/aromatic N) is 1. The first-order valence-electron chi connectivity index (χ1n) is 8.72. The van der Waals surface area contributed by atoms with Gasteiger partial charge in [-0.15, -0.1) is 0 Å². The molecule has 0 spiro atoms. The first-order valence-corrected chi connectivity index (χ1v) is 8.72. The van der Waals surface area contributed by atoms with Gasteiger partial charge in [0.05, 0.1) is 24.9 Å². The molecule has 3 atom stereocenters. The van der Waals surface area contributed by atoms with Crippen LogP contribution in [0.15, 0.2) is 0 Å². The molecule has 0 bridgehead atoms. The Hall–Kier alpha value is -0.120. The molecule has 0 N–H and O–H groups in total. The summed E-state index contributed by atoms with van der Waals surface area (Å²) in [5.74, 6) is 0.900. The molecule has 0 aliphatic carbocycles. The first-order chi connectivity index (χ1) is 9.72. The van der Waals surface area contributed by atoms with Crippen molar-refractivity contribution in [2.24, 2.45) is 5.92 Å². The Morgan fingerprint density at radius 1 is 1.00 bits per heavy atom. The van der Waals surface area contributed by atoms with Crippen LogP contribution in [0, 0.1) is 5.92 Å². The number of ether oxygens (including phenoxy) is 2. The zero-order valence-electron chi connectivity index (χ0n) is 13.6. The van der Waals surface area contributed by atoms with Crippen molar-refractivity contribution in [3.8, 4) is 0 Å². The van der Waals surface area contributed by atoms with E-state index in [-0.39, 0.29) is 6.10 Å². The average molecular weight is 283 g/mol. The fraction of sp³-hybridized carbons (Fsp3) is 1.00. The minimum Gasteiger partial charge on any atom is -0.373 e. The zero-order valence-corrected chi connectivity index (χ0v) is 13.6. The molecule has 0 amide bonds. The fourth-order valence-electron chi connectivity index (χ4n) is 3.43. The highest BCUT2D eigenvalue weighted by atomic mass is 16.6. The molecule has 2 rings (SSSR count). The van der Waals surface area contributed by atoms with Crippen molar-refractivity contribution in [1.82, 2.24) is 4.90 Å². The van der Waals surface area contributed by atoms with E-state index in [9.17, 15) is 0 Å². The smallest absolute Gasteiger partial charge is 0.0940 e. The summed E-state index contributed by atoms with van der Waals surface area (Å²) in [5.41, 5.74) is 0. The summed E-state index contributed by atoms with van der Waals surface area (Å²) >= 11 is 0. The van der Waals surface area contributed by atoms with E-state index in [1.165, 1.54) is 38.8 Å². The summed E-state index contributed by atoms with van der Waals surface area (Å²) in [6.45, 7) is 11.2. The third kappa shape index (κ3) is 4.71. The molecule has 0 aromatic heterocycles. The number of hydrogen-bond acceptors (Lipinski definition) is 3. The van der Waals surface area contributed by atoms with Crippen LogP contribution in [-0.4, -0.2) is 49.5 Å². The highest BCUT2D eigenvalue weighted by Gasteiger charge is 2.32. The van der Waals surface area contributed by atoms with Crippen molar-refractivity contribution in [1.29, 1.82) is 0 Å². The van der Waals surface area contributed by atoms with E-state index in [4.69, 9.17) is 9.47 Å². The lowest BCUT2D eigenvalue weighted by Gasteiger charge is -2.40. The van der Waals surface area contributed by atoms with Gasteiger partial charge in [-0.1, -0.05) is 33.6 Å². The molecule has 3 unspecified atom stereocenters. The summed E-state index contributed by atoms with van der Waals surface area (Å²) in [4.78, 5) is 2.57. The molecule has 2 saturated heterocycles. The van der Waals surface area contributed by atoms with Crippen LogP contribution in [0.4, 0.5) is 0 Å². The van der Waals surface area contributed by atoms with Crippen LogP contribution in [0.1, 0.15) is 59.3 Å². The van der Waals surface area contributed by atoms with Crippen LogP contribution in [0.25, 0.3) is 0 Å². The first kappa shape index (κ1) is 16.3. The third-order valence-corrected chi connectivity index (χ3v) is 4.76. The predicted octanol–water partition coefficient (Wildman–Crippen LogP) is 3.47. The van der Waals surface area contributed by atoms with Crippen molar-refractivity contribution in [3.05, 3.63) is 0 Å². The topological polar surface area (TPSA) is 21.7 Å². The van der Waals surface area contributed by atoms with Crippen LogP contribution < -0.4 is 0 Å². The van der Waals surface area contributed by atoms with Gasteiger partial charge in [0.1, 0.15) is 0 Å². The molecule has 3 nitrogen and oxygen atoms in total. The summed E-state index contributed by atoms with van der Waals surface area (Å²) in [7, 11) is 0. The van der Waals surface area contributed by atoms with Crippen LogP contribution in [-0.2, 0) is 9.47 Å². The van der Waals surface area contributed by atoms with Gasteiger partial charge in [0.15, 0.2) is 0 Å². The van der Waals surface area contributed by atoms with Gasteiger partial charge in [-0.25, -0.2) is 0 Å². The van der Waals surface area contributed by atoms with E-state index >= 15 is 0 Å². The largest absolute Gasteiger partial charge is 0.373 e. The van der Waals surface area contributed by atoms with E-state index in [0.29, 0.717) is 12.2 Å². The van der Waals surface area contributed by atoms with Crippen LogP contribution >= 0.6 is 0 Å². The zero-order chi connectivity index (χ0) is 14.4. The molecule has 20 heavy (non-hydrogen) atoms. The minimum absolute atomic E-state index is 0.285. The monoisotopic (exact) mass is 283 g/mol. The molecule has 2 aliphatic heterocycles. The number of likely N-dealkylation sites (tertiary alicyclic amines) is 1. The molecule has 3 heteroatoms. The Balaban J connectivity index is 1.78. The molecule has 118 valence electrons. The van der Waals surface area contributed by atoms with Gasteiger partial charge < -0.3 is 14.4 Å². The average Bonchev–Trinajstić information content (AvgIpc) is 2.45. The number of rotatable bonds is 6. The normalized spacial score (nSPS) is 33.5. The van der Waals surface area contributed by atoms with Gasteiger partial charge >= 0.3 is 0 Å². The maximum absolute atomic E-state index is 6.35. The fourth-order valence-corrected chi connectivity index (χ4v) is 3.43. The molecule has 0 saturated carbocycles. The van der Waals surface area contributed by atoms with Gasteiger partial charge in [0.25, 0.3) is 0 Å². The Kier molecular flexibility index (Phi) is 6.79. The van der Waals surface area contributed by atoms with Crippen molar-refractivity contribution in [2.75, 3.05) is 26.2 Å². The van der Waals surface area contributed by atoms with Crippen molar-refractivity contribution >= 4 is 0 Å². The lowest BCUT2D eigenvalue weighted by atomic mass is 9.98. The van der Waals surface area contributed by atoms with Crippen LogP contribution in [0.3, 0.4) is 0 Å². The second-order valence-electron chi connectivity index (χ2n) is 6.73. The quantitative estimate of drug-likeness (QED) is 0.745. The lowest BCUT2D eigenvalue weighted by Crippen LogP contribution is -2.49. The van der Waals surface area contributed by atoms with E-state index < -0.39 is 0 Å². The summed E-state index contributed by atoms with van der Waals surface area (Å²) < 4.78 is 12.5. The molecular weight excluding hydrogens is 250 g/mol. The molecule has 0 aromatic carbocycles. The standard InChI is InChI=1S/C17H33NO2/c1-4-6-16-17(7-5-2)20-15(13-19-16)12-18-10-8-14(3)9-11-18/h14-17H,4-13H2,1-3H3. The number of hydrogen-bond donors (Lipinski definition) is 0. The minimum atomic E-state index is 0.285. The van der Waals surface area contributed by atoms with E-state index in [2.05, 4.69) is 25.7 Å². The molecule has 2 fully saturated rings. The summed E-state index contributed by atoms with van der Waals surface area (Å²) in [6.07, 6.45) is 8.25. The lowest BCUT2D eigenvalue weighted by molar-refractivity contribution is -0.189. The Labute approximate surface area is 125 Å². The SMILES string of the molecule is CCCC1OCC(CN2CCC(C)CC2)OC1CCC. The third-order valence-electron chi connectivity index (χ3n) is 4.76. The summed E-state index contributed by atoms with van der Waals surface area (Å²) in [6, 6.07) is 0. The van der Waals surface area contributed by atoms with Crippen LogP contribution in [0.2, 0.25) is 0 Å². The van der Waals surface area contributed by atoms with Crippen molar-refractivity contribution in [3.63, 3.8) is 0 Å². The second-order valence-corrected chi connectivity index (χ2v) is 6.73. The maximum atomic E-state index is 6.35. The summed E-state index contributed by atoms with van der Waals surface area (Å²) in [5, 5.41) is 0. The highest BCUT2D eigenvalue weighted by Crippen LogP contribution is 2.24. The van der Waals surface area contributed by atoms with E-state index in [0.717, 1.165) is 31.9 Å². The second kappa shape index (κ2) is 8.35. The van der Waals surface area contributed by atoms with Gasteiger partial charge in [-0.05, 0) is 44.7 Å². The van der Waals surface area contributed by atoms with E-state index in [1.807, 2.05) is 0 Å². The van der Waals surface area contributed by atoms with Gasteiger partial charge in [-0.2, -0.15) is 0 Å². The van der Waals surface area contributed by atoms with E-state index in [1.54, 1.807) is 0 Å². The molecule has 0 radical (unpaired) electrons. The number of piperidine rings is 1. The Morgan fingerprint density at radius 2 is 1.65 bits per heavy atom. The highest BCUT2D eigenvalue weighted by molar-refractivity contribution is 4.80. The molecule has 2 heterocycles.